The van der Waals surface area contributed by atoms with E-state index in [1.807, 2.05) is 4.90 Å². The van der Waals surface area contributed by atoms with Crippen LogP contribution >= 0.6 is 11.5 Å². The van der Waals surface area contributed by atoms with E-state index in [4.69, 9.17) is 0 Å². The SMILES string of the molecule is O=C(c1cnns1)N(CC1CCCNC1)C1CC1. The highest BCUT2D eigenvalue weighted by atomic mass is 32.1. The Labute approximate surface area is 111 Å². The van der Waals surface area contributed by atoms with Crippen molar-refractivity contribution in [3.63, 3.8) is 0 Å². The average Bonchev–Trinajstić information content (AvgIpc) is 3.10. The van der Waals surface area contributed by atoms with E-state index in [1.54, 1.807) is 6.20 Å². The van der Waals surface area contributed by atoms with Crippen LogP contribution < -0.4 is 5.32 Å². The van der Waals surface area contributed by atoms with E-state index in [2.05, 4.69) is 14.9 Å². The van der Waals surface area contributed by atoms with Gasteiger partial charge in [-0.2, -0.15) is 0 Å². The molecule has 1 atom stereocenters. The number of amides is 1. The van der Waals surface area contributed by atoms with Crippen molar-refractivity contribution in [3.05, 3.63) is 11.1 Å². The van der Waals surface area contributed by atoms with Crippen molar-refractivity contribution in [2.75, 3.05) is 19.6 Å². The quantitative estimate of drug-likeness (QED) is 0.888. The van der Waals surface area contributed by atoms with Gasteiger partial charge in [0.15, 0.2) is 0 Å². The molecule has 1 aliphatic heterocycles. The largest absolute Gasteiger partial charge is 0.335 e. The third kappa shape index (κ3) is 2.70. The lowest BCUT2D eigenvalue weighted by molar-refractivity contribution is 0.0709. The van der Waals surface area contributed by atoms with Gasteiger partial charge in [0.25, 0.3) is 5.91 Å². The topological polar surface area (TPSA) is 58.1 Å². The zero-order valence-electron chi connectivity index (χ0n) is 10.3. The Balaban J connectivity index is 1.66. The fraction of sp³-hybridized carbons (Fsp3) is 0.750. The van der Waals surface area contributed by atoms with Crippen LogP contribution in [-0.2, 0) is 0 Å². The molecule has 1 aromatic rings. The smallest absolute Gasteiger partial charge is 0.267 e. The summed E-state index contributed by atoms with van der Waals surface area (Å²) in [6.45, 7) is 3.04. The van der Waals surface area contributed by atoms with Crippen LogP contribution in [0.15, 0.2) is 6.20 Å². The van der Waals surface area contributed by atoms with Crippen LogP contribution in [0.3, 0.4) is 0 Å². The molecule has 0 bridgehead atoms. The van der Waals surface area contributed by atoms with E-state index in [0.29, 0.717) is 16.8 Å². The lowest BCUT2D eigenvalue weighted by Crippen LogP contribution is -2.42. The van der Waals surface area contributed by atoms with E-state index >= 15 is 0 Å². The summed E-state index contributed by atoms with van der Waals surface area (Å²) < 4.78 is 3.78. The molecule has 98 valence electrons. The highest BCUT2D eigenvalue weighted by Crippen LogP contribution is 2.30. The molecule has 0 spiro atoms. The summed E-state index contributed by atoms with van der Waals surface area (Å²) in [5, 5.41) is 7.17. The maximum Gasteiger partial charge on any atom is 0.267 e. The fourth-order valence-corrected chi connectivity index (χ4v) is 3.02. The highest BCUT2D eigenvalue weighted by Gasteiger charge is 2.35. The van der Waals surface area contributed by atoms with Crippen molar-refractivity contribution < 1.29 is 4.79 Å². The minimum Gasteiger partial charge on any atom is -0.335 e. The lowest BCUT2D eigenvalue weighted by atomic mass is 9.99. The molecule has 18 heavy (non-hydrogen) atoms. The van der Waals surface area contributed by atoms with Crippen molar-refractivity contribution in [1.29, 1.82) is 0 Å². The number of rotatable bonds is 4. The van der Waals surface area contributed by atoms with Gasteiger partial charge in [0.1, 0.15) is 4.88 Å². The Morgan fingerprint density at radius 1 is 1.50 bits per heavy atom. The molecule has 6 heteroatoms. The summed E-state index contributed by atoms with van der Waals surface area (Å²) in [5.41, 5.74) is 0. The molecular weight excluding hydrogens is 248 g/mol. The monoisotopic (exact) mass is 266 g/mol. The minimum atomic E-state index is 0.123. The van der Waals surface area contributed by atoms with Crippen LogP contribution in [0.4, 0.5) is 0 Å². The van der Waals surface area contributed by atoms with Gasteiger partial charge in [-0.05, 0) is 56.2 Å². The molecular formula is C12H18N4OS. The van der Waals surface area contributed by atoms with Gasteiger partial charge in [0.2, 0.25) is 0 Å². The molecule has 5 nitrogen and oxygen atoms in total. The van der Waals surface area contributed by atoms with Gasteiger partial charge >= 0.3 is 0 Å². The number of aromatic nitrogens is 2. The van der Waals surface area contributed by atoms with Crippen LogP contribution in [-0.4, -0.2) is 46.1 Å². The predicted molar refractivity (Wildman–Crippen MR) is 69.6 cm³/mol. The van der Waals surface area contributed by atoms with Gasteiger partial charge < -0.3 is 10.2 Å². The van der Waals surface area contributed by atoms with Gasteiger partial charge in [0, 0.05) is 12.6 Å². The van der Waals surface area contributed by atoms with Crippen molar-refractivity contribution in [2.24, 2.45) is 5.92 Å². The second kappa shape index (κ2) is 5.32. The van der Waals surface area contributed by atoms with Gasteiger partial charge in [-0.3, -0.25) is 4.79 Å². The molecule has 1 N–H and O–H groups in total. The summed E-state index contributed by atoms with van der Waals surface area (Å²) in [7, 11) is 0. The second-order valence-electron chi connectivity index (χ2n) is 5.18. The fourth-order valence-electron chi connectivity index (χ4n) is 2.54. The minimum absolute atomic E-state index is 0.123. The predicted octanol–water partition coefficient (Wildman–Crippen LogP) is 1.14. The van der Waals surface area contributed by atoms with Crippen molar-refractivity contribution >= 4 is 17.4 Å². The normalized spacial score (nSPS) is 23.9. The Bertz CT molecular complexity index is 398. The van der Waals surface area contributed by atoms with Crippen molar-refractivity contribution in [3.8, 4) is 0 Å². The van der Waals surface area contributed by atoms with Crippen LogP contribution in [0.2, 0.25) is 0 Å². The van der Waals surface area contributed by atoms with Gasteiger partial charge in [-0.15, -0.1) is 5.10 Å². The van der Waals surface area contributed by atoms with E-state index in [-0.39, 0.29) is 5.91 Å². The van der Waals surface area contributed by atoms with E-state index in [0.717, 1.165) is 32.5 Å². The van der Waals surface area contributed by atoms with Crippen molar-refractivity contribution in [2.45, 2.75) is 31.7 Å². The van der Waals surface area contributed by atoms with E-state index < -0.39 is 0 Å². The van der Waals surface area contributed by atoms with Gasteiger partial charge in [-0.25, -0.2) is 0 Å². The maximum atomic E-state index is 12.4. The molecule has 2 aliphatic rings. The zero-order valence-corrected chi connectivity index (χ0v) is 11.2. The van der Waals surface area contributed by atoms with Gasteiger partial charge in [0.05, 0.1) is 6.20 Å². The molecule has 1 unspecified atom stereocenters. The first-order valence-electron chi connectivity index (χ1n) is 6.63. The Hall–Kier alpha value is -1.01. The first kappa shape index (κ1) is 12.0. The Kier molecular flexibility index (Phi) is 3.56. The summed E-state index contributed by atoms with van der Waals surface area (Å²) in [6.07, 6.45) is 6.33. The molecule has 1 amide bonds. The number of hydrogen-bond acceptors (Lipinski definition) is 5. The van der Waals surface area contributed by atoms with E-state index in [1.165, 1.54) is 24.4 Å². The number of piperidine rings is 1. The molecule has 1 aliphatic carbocycles. The Morgan fingerprint density at radius 2 is 2.39 bits per heavy atom. The number of carbonyl (C=O) groups excluding carboxylic acids is 1. The standard InChI is InChI=1S/C12H18N4OS/c17-12(11-7-14-15-18-11)16(10-3-4-10)8-9-2-1-5-13-6-9/h7,9-10,13H,1-6,8H2. The highest BCUT2D eigenvalue weighted by molar-refractivity contribution is 7.07. The number of nitrogens with one attached hydrogen (secondary N) is 1. The van der Waals surface area contributed by atoms with Gasteiger partial charge in [-0.1, -0.05) is 4.49 Å². The van der Waals surface area contributed by atoms with Crippen LogP contribution in [0.5, 0.6) is 0 Å². The summed E-state index contributed by atoms with van der Waals surface area (Å²) >= 11 is 1.20. The maximum absolute atomic E-state index is 12.4. The third-order valence-electron chi connectivity index (χ3n) is 3.67. The number of hydrogen-bond donors (Lipinski definition) is 1. The van der Waals surface area contributed by atoms with Crippen molar-refractivity contribution in [1.82, 2.24) is 19.8 Å². The average molecular weight is 266 g/mol. The van der Waals surface area contributed by atoms with Crippen LogP contribution in [0, 0.1) is 5.92 Å². The van der Waals surface area contributed by atoms with E-state index in [9.17, 15) is 4.79 Å². The zero-order chi connectivity index (χ0) is 12.4. The molecule has 2 heterocycles. The molecule has 3 rings (SSSR count). The number of carbonyl (C=O) groups is 1. The Morgan fingerprint density at radius 3 is 3.00 bits per heavy atom. The van der Waals surface area contributed by atoms with Crippen LogP contribution in [0.1, 0.15) is 35.4 Å². The third-order valence-corrected chi connectivity index (χ3v) is 4.33. The molecule has 0 radical (unpaired) electrons. The molecule has 1 saturated carbocycles. The molecule has 2 fully saturated rings. The molecule has 1 aromatic heterocycles. The summed E-state index contributed by atoms with van der Waals surface area (Å²) in [4.78, 5) is 15.1. The molecule has 1 saturated heterocycles. The first-order chi connectivity index (χ1) is 8.84. The number of nitrogens with zero attached hydrogens (tertiary/aromatic N) is 3. The first-order valence-corrected chi connectivity index (χ1v) is 7.41. The second-order valence-corrected chi connectivity index (χ2v) is 5.97. The lowest BCUT2D eigenvalue weighted by Gasteiger charge is -2.30. The van der Waals surface area contributed by atoms with Crippen LogP contribution in [0.25, 0.3) is 0 Å². The molecule has 0 aromatic carbocycles. The summed E-state index contributed by atoms with van der Waals surface area (Å²) in [6, 6.07) is 0.460. The summed E-state index contributed by atoms with van der Waals surface area (Å²) in [5.74, 6) is 0.724.